The normalized spacial score (nSPS) is 29.1. The number of hydrogen-bond acceptors (Lipinski definition) is 2. The Hall–Kier alpha value is -2.32. The average Bonchev–Trinajstić information content (AvgIpc) is 2.56. The molecule has 0 radical (unpaired) electrons. The Bertz CT molecular complexity index is 852. The summed E-state index contributed by atoms with van der Waals surface area (Å²) in [6, 6.07) is 8.08. The second-order valence-corrected chi connectivity index (χ2v) is 5.99. The molecule has 0 spiro atoms. The van der Waals surface area contributed by atoms with Gasteiger partial charge in [0.25, 0.3) is 0 Å². The third-order valence-corrected chi connectivity index (χ3v) is 4.70. The molecule has 0 aliphatic heterocycles. The van der Waals surface area contributed by atoms with Crippen LogP contribution >= 0.6 is 0 Å². The summed E-state index contributed by atoms with van der Waals surface area (Å²) in [7, 11) is 0. The highest BCUT2D eigenvalue weighted by Crippen LogP contribution is 2.39. The summed E-state index contributed by atoms with van der Waals surface area (Å²) in [5.74, 6) is 0.603. The van der Waals surface area contributed by atoms with Gasteiger partial charge in [-0.2, -0.15) is 0 Å². The summed E-state index contributed by atoms with van der Waals surface area (Å²) in [4.78, 5) is 0. The van der Waals surface area contributed by atoms with Gasteiger partial charge in [-0.3, -0.25) is 0 Å². The van der Waals surface area contributed by atoms with Gasteiger partial charge in [0.1, 0.15) is 5.76 Å². The van der Waals surface area contributed by atoms with E-state index in [0.717, 1.165) is 21.6 Å². The van der Waals surface area contributed by atoms with Crippen LogP contribution in [0.25, 0.3) is 11.6 Å². The second-order valence-electron chi connectivity index (χ2n) is 5.99. The lowest BCUT2D eigenvalue weighted by Gasteiger charge is -2.32. The zero-order chi connectivity index (χ0) is 15.1. The van der Waals surface area contributed by atoms with Gasteiger partial charge in [0.05, 0.1) is 6.10 Å². The maximum atomic E-state index is 10.6. The summed E-state index contributed by atoms with van der Waals surface area (Å²) >= 11 is 0. The van der Waals surface area contributed by atoms with E-state index >= 15 is 0 Å². The van der Waals surface area contributed by atoms with E-state index < -0.39 is 6.10 Å². The Morgan fingerprint density at radius 2 is 1.77 bits per heavy atom. The van der Waals surface area contributed by atoms with Crippen LogP contribution in [0.15, 0.2) is 72.1 Å². The van der Waals surface area contributed by atoms with E-state index in [9.17, 15) is 10.2 Å². The largest absolute Gasteiger partial charge is 0.508 e. The number of fused-ring (bicyclic) bond motifs is 2. The quantitative estimate of drug-likeness (QED) is 0.832. The average molecular weight is 290 g/mol. The Kier molecular flexibility index (Phi) is 3.12. The van der Waals surface area contributed by atoms with E-state index in [0.29, 0.717) is 6.42 Å². The second kappa shape index (κ2) is 5.15. The van der Waals surface area contributed by atoms with Crippen LogP contribution in [0.4, 0.5) is 0 Å². The fourth-order valence-electron chi connectivity index (χ4n) is 3.66. The predicted octanol–water partition coefficient (Wildman–Crippen LogP) is 2.12. The molecule has 0 aromatic heterocycles. The molecule has 0 heterocycles. The van der Waals surface area contributed by atoms with Gasteiger partial charge in [-0.05, 0) is 28.5 Å². The molecule has 0 fully saturated rings. The fourth-order valence-corrected chi connectivity index (χ4v) is 3.66. The lowest BCUT2D eigenvalue weighted by Crippen LogP contribution is -2.37. The van der Waals surface area contributed by atoms with E-state index in [-0.39, 0.29) is 17.6 Å². The summed E-state index contributed by atoms with van der Waals surface area (Å²) < 4.78 is 0. The molecular weight excluding hydrogens is 272 g/mol. The van der Waals surface area contributed by atoms with Gasteiger partial charge in [-0.1, -0.05) is 60.7 Å². The van der Waals surface area contributed by atoms with Crippen molar-refractivity contribution in [3.63, 3.8) is 0 Å². The van der Waals surface area contributed by atoms with Crippen LogP contribution in [-0.4, -0.2) is 16.3 Å². The number of aliphatic hydroxyl groups excluding tert-OH is 2. The Morgan fingerprint density at radius 3 is 2.68 bits per heavy atom. The number of allylic oxidation sites excluding steroid dienone is 6. The first-order valence-corrected chi connectivity index (χ1v) is 7.70. The Balaban J connectivity index is 2.01. The third kappa shape index (κ3) is 1.99. The zero-order valence-electron chi connectivity index (χ0n) is 12.2. The van der Waals surface area contributed by atoms with Gasteiger partial charge in [0.15, 0.2) is 0 Å². The van der Waals surface area contributed by atoms with Gasteiger partial charge in [0, 0.05) is 17.4 Å². The molecule has 22 heavy (non-hydrogen) atoms. The van der Waals surface area contributed by atoms with Crippen molar-refractivity contribution in [2.45, 2.75) is 12.5 Å². The maximum absolute atomic E-state index is 10.6. The molecule has 2 N–H and O–H groups in total. The highest BCUT2D eigenvalue weighted by Gasteiger charge is 2.32. The van der Waals surface area contributed by atoms with E-state index in [1.165, 1.54) is 0 Å². The fraction of sp³-hybridized carbons (Fsp3) is 0.200. The Morgan fingerprint density at radius 1 is 0.955 bits per heavy atom. The smallest absolute Gasteiger partial charge is 0.119 e. The predicted molar refractivity (Wildman–Crippen MR) is 88.2 cm³/mol. The molecule has 0 bridgehead atoms. The molecule has 2 heteroatoms. The number of benzene rings is 1. The number of hydrogen-bond donors (Lipinski definition) is 2. The molecule has 110 valence electrons. The highest BCUT2D eigenvalue weighted by atomic mass is 16.3. The van der Waals surface area contributed by atoms with Gasteiger partial charge >= 0.3 is 0 Å². The molecule has 3 aliphatic carbocycles. The van der Waals surface area contributed by atoms with Crippen molar-refractivity contribution in [3.8, 4) is 0 Å². The standard InChI is InChI=1S/C20H18O2/c21-17-11-9-13-5-1-3-7-15(13)19(17)20-16-8-4-2-6-14(16)10-12-18(20)22/h1-11,13,15,18,21-22H,12H2. The van der Waals surface area contributed by atoms with Crippen molar-refractivity contribution in [1.82, 2.24) is 0 Å². The minimum atomic E-state index is -0.571. The molecule has 3 aliphatic rings. The molecule has 2 nitrogen and oxygen atoms in total. The molecule has 0 saturated carbocycles. The minimum absolute atomic E-state index is 0.0887. The van der Waals surface area contributed by atoms with Crippen LogP contribution in [-0.2, 0) is 0 Å². The van der Waals surface area contributed by atoms with Crippen LogP contribution in [0.5, 0.6) is 0 Å². The van der Waals surface area contributed by atoms with Crippen LogP contribution in [0.1, 0.15) is 6.42 Å². The summed E-state index contributed by atoms with van der Waals surface area (Å²) in [6.45, 7) is 0. The summed E-state index contributed by atoms with van der Waals surface area (Å²) in [6.07, 6.45) is 14.2. The first-order valence-electron chi connectivity index (χ1n) is 7.70. The summed E-state index contributed by atoms with van der Waals surface area (Å²) in [5, 5.41) is 23.2. The molecule has 4 rings (SSSR count). The van der Waals surface area contributed by atoms with Crippen molar-refractivity contribution >= 4 is 11.6 Å². The SMILES string of the molecule is OC1=C(C2=c3ccccc3=CCC2O)C2C=CC=CC2C=C1. The maximum Gasteiger partial charge on any atom is 0.119 e. The van der Waals surface area contributed by atoms with Gasteiger partial charge < -0.3 is 10.2 Å². The van der Waals surface area contributed by atoms with Gasteiger partial charge in [-0.15, -0.1) is 0 Å². The van der Waals surface area contributed by atoms with Crippen molar-refractivity contribution in [1.29, 1.82) is 0 Å². The number of aliphatic hydroxyl groups is 2. The van der Waals surface area contributed by atoms with Crippen molar-refractivity contribution in [2.75, 3.05) is 0 Å². The lowest BCUT2D eigenvalue weighted by atomic mass is 9.73. The van der Waals surface area contributed by atoms with Crippen molar-refractivity contribution in [3.05, 3.63) is 82.5 Å². The molecule has 0 saturated heterocycles. The van der Waals surface area contributed by atoms with Crippen LogP contribution in [0.3, 0.4) is 0 Å². The monoisotopic (exact) mass is 290 g/mol. The van der Waals surface area contributed by atoms with Crippen LogP contribution in [0, 0.1) is 11.8 Å². The van der Waals surface area contributed by atoms with Crippen LogP contribution < -0.4 is 10.4 Å². The van der Waals surface area contributed by atoms with Gasteiger partial charge in [0.2, 0.25) is 0 Å². The van der Waals surface area contributed by atoms with E-state index in [1.807, 2.05) is 36.4 Å². The van der Waals surface area contributed by atoms with Crippen molar-refractivity contribution in [2.24, 2.45) is 11.8 Å². The van der Waals surface area contributed by atoms with Crippen molar-refractivity contribution < 1.29 is 10.2 Å². The molecule has 3 unspecified atom stereocenters. The topological polar surface area (TPSA) is 40.5 Å². The van der Waals surface area contributed by atoms with E-state index in [2.05, 4.69) is 24.3 Å². The first-order chi connectivity index (χ1) is 10.8. The molecule has 1 aromatic carbocycles. The third-order valence-electron chi connectivity index (χ3n) is 4.70. The van der Waals surface area contributed by atoms with E-state index in [1.54, 1.807) is 6.08 Å². The molecule has 3 atom stereocenters. The van der Waals surface area contributed by atoms with Crippen LogP contribution in [0.2, 0.25) is 0 Å². The van der Waals surface area contributed by atoms with Gasteiger partial charge in [-0.25, -0.2) is 0 Å². The Labute approximate surface area is 129 Å². The molecular formula is C20H18O2. The van der Waals surface area contributed by atoms with E-state index in [4.69, 9.17) is 0 Å². The first kappa shape index (κ1) is 13.4. The lowest BCUT2D eigenvalue weighted by molar-refractivity contribution is 0.235. The molecule has 0 amide bonds. The summed E-state index contributed by atoms with van der Waals surface area (Å²) in [5.41, 5.74) is 1.73. The molecule has 1 aromatic rings. The highest BCUT2D eigenvalue weighted by molar-refractivity contribution is 5.74. The zero-order valence-corrected chi connectivity index (χ0v) is 12.2. The number of rotatable bonds is 1. The minimum Gasteiger partial charge on any atom is -0.508 e.